The van der Waals surface area contributed by atoms with Crippen LogP contribution in [0.2, 0.25) is 5.02 Å². The normalized spacial score (nSPS) is 20.6. The van der Waals surface area contributed by atoms with Crippen LogP contribution in [-0.2, 0) is 4.74 Å². The van der Waals surface area contributed by atoms with Gasteiger partial charge in [0.25, 0.3) is 0 Å². The number of morpholine rings is 1. The minimum absolute atomic E-state index is 0.208. The summed E-state index contributed by atoms with van der Waals surface area (Å²) in [6.45, 7) is 2.91. The highest BCUT2D eigenvalue weighted by atomic mass is 35.5. The molecule has 156 valence electrons. The second-order valence-corrected chi connectivity index (χ2v) is 7.37. The number of nitrogens with one attached hydrogen (secondary N) is 1. The van der Waals surface area contributed by atoms with Crippen LogP contribution in [0.3, 0.4) is 0 Å². The lowest BCUT2D eigenvalue weighted by atomic mass is 10.2. The van der Waals surface area contributed by atoms with Crippen LogP contribution in [0.4, 0.5) is 11.4 Å². The molecule has 0 radical (unpaired) electrons. The van der Waals surface area contributed by atoms with Crippen LogP contribution in [0.15, 0.2) is 52.4 Å². The van der Waals surface area contributed by atoms with E-state index in [1.807, 2.05) is 47.4 Å². The first kappa shape index (κ1) is 18.8. The molecule has 3 N–H and O–H groups in total. The summed E-state index contributed by atoms with van der Waals surface area (Å²) in [4.78, 5) is 13.3. The minimum Gasteiger partial charge on any atom is -0.454 e. The zero-order chi connectivity index (χ0) is 20.5. The van der Waals surface area contributed by atoms with Crippen molar-refractivity contribution in [3.63, 3.8) is 0 Å². The Hall–Kier alpha value is -3.17. The quantitative estimate of drug-likeness (QED) is 0.774. The van der Waals surface area contributed by atoms with Gasteiger partial charge in [-0.3, -0.25) is 4.90 Å². The SMILES string of the molecule is NC1=NC(Nc2ccc3c(c2)OCO3)N(c2ccc(Cl)cc2)C(N2CCOCC2)=N1. The van der Waals surface area contributed by atoms with Crippen molar-refractivity contribution >= 4 is 34.9 Å². The summed E-state index contributed by atoms with van der Waals surface area (Å²) in [5.41, 5.74) is 7.81. The zero-order valence-corrected chi connectivity index (χ0v) is 16.9. The van der Waals surface area contributed by atoms with E-state index < -0.39 is 6.29 Å². The van der Waals surface area contributed by atoms with Gasteiger partial charge in [-0.15, -0.1) is 0 Å². The summed E-state index contributed by atoms with van der Waals surface area (Å²) in [6.07, 6.45) is -0.512. The molecule has 0 aliphatic carbocycles. The number of nitrogens with zero attached hydrogens (tertiary/aromatic N) is 4. The molecule has 30 heavy (non-hydrogen) atoms. The first-order valence-corrected chi connectivity index (χ1v) is 10.0. The van der Waals surface area contributed by atoms with Crippen LogP contribution in [0, 0.1) is 0 Å². The molecule has 9 nitrogen and oxygen atoms in total. The van der Waals surface area contributed by atoms with E-state index >= 15 is 0 Å². The summed E-state index contributed by atoms with van der Waals surface area (Å²) in [6, 6.07) is 13.2. The minimum atomic E-state index is -0.512. The number of hydrogen-bond acceptors (Lipinski definition) is 9. The van der Waals surface area contributed by atoms with E-state index in [0.29, 0.717) is 43.0 Å². The Balaban J connectivity index is 1.50. The Kier molecular flexibility index (Phi) is 4.97. The number of anilines is 2. The smallest absolute Gasteiger partial charge is 0.231 e. The fraction of sp³-hybridized carbons (Fsp3) is 0.300. The monoisotopic (exact) mass is 428 g/mol. The van der Waals surface area contributed by atoms with Gasteiger partial charge in [-0.25, -0.2) is 4.99 Å². The third-order valence-corrected chi connectivity index (χ3v) is 5.25. The average Bonchev–Trinajstić information content (AvgIpc) is 3.23. The van der Waals surface area contributed by atoms with Crippen LogP contribution >= 0.6 is 11.6 Å². The molecule has 1 atom stereocenters. The van der Waals surface area contributed by atoms with Crippen molar-refractivity contribution in [2.24, 2.45) is 15.7 Å². The number of benzene rings is 2. The second kappa shape index (κ2) is 7.92. The van der Waals surface area contributed by atoms with Gasteiger partial charge in [0.15, 0.2) is 11.5 Å². The molecule has 0 spiro atoms. The Bertz CT molecular complexity index is 991. The highest BCUT2D eigenvalue weighted by Gasteiger charge is 2.32. The lowest BCUT2D eigenvalue weighted by Crippen LogP contribution is -2.57. The molecule has 1 saturated heterocycles. The van der Waals surface area contributed by atoms with E-state index in [-0.39, 0.29) is 12.8 Å². The Morgan fingerprint density at radius 2 is 1.80 bits per heavy atom. The molecule has 0 saturated carbocycles. The summed E-state index contributed by atoms with van der Waals surface area (Å²) in [5.74, 6) is 2.33. The Morgan fingerprint density at radius 3 is 2.60 bits per heavy atom. The molecule has 3 aliphatic rings. The molecular formula is C20H21ClN6O3. The van der Waals surface area contributed by atoms with Gasteiger partial charge < -0.3 is 30.2 Å². The predicted molar refractivity (Wildman–Crippen MR) is 115 cm³/mol. The van der Waals surface area contributed by atoms with E-state index in [0.717, 1.165) is 17.1 Å². The van der Waals surface area contributed by atoms with Gasteiger partial charge in [0.05, 0.1) is 13.2 Å². The highest BCUT2D eigenvalue weighted by molar-refractivity contribution is 6.30. The summed E-state index contributed by atoms with van der Waals surface area (Å²) >= 11 is 6.11. The summed E-state index contributed by atoms with van der Waals surface area (Å²) in [7, 11) is 0. The lowest BCUT2D eigenvalue weighted by molar-refractivity contribution is 0.0671. The standard InChI is InChI=1S/C20H21ClN6O3/c21-13-1-4-15(5-2-13)27-19(23-14-3-6-16-17(11-14)30-12-29-16)24-18(22)25-20(27)26-7-9-28-10-8-26/h1-6,11,19,23H,7-10,12H2,(H2,22,24). The lowest BCUT2D eigenvalue weighted by Gasteiger charge is -2.41. The first-order valence-electron chi connectivity index (χ1n) is 9.63. The molecule has 0 bridgehead atoms. The van der Waals surface area contributed by atoms with Crippen molar-refractivity contribution in [3.05, 3.63) is 47.5 Å². The molecule has 10 heteroatoms. The van der Waals surface area contributed by atoms with Crippen molar-refractivity contribution in [1.82, 2.24) is 4.90 Å². The molecular weight excluding hydrogens is 408 g/mol. The molecule has 0 amide bonds. The fourth-order valence-corrected chi connectivity index (χ4v) is 3.68. The number of guanidine groups is 2. The van der Waals surface area contributed by atoms with Crippen molar-refractivity contribution < 1.29 is 14.2 Å². The topological polar surface area (TPSA) is 96.9 Å². The van der Waals surface area contributed by atoms with Crippen LogP contribution in [0.25, 0.3) is 0 Å². The number of hydrogen-bond donors (Lipinski definition) is 2. The first-order chi connectivity index (χ1) is 14.7. The summed E-state index contributed by atoms with van der Waals surface area (Å²) < 4.78 is 16.4. The second-order valence-electron chi connectivity index (χ2n) is 6.93. The van der Waals surface area contributed by atoms with Crippen molar-refractivity contribution in [2.45, 2.75) is 6.29 Å². The third-order valence-electron chi connectivity index (χ3n) is 5.00. The molecule has 3 heterocycles. The van der Waals surface area contributed by atoms with E-state index in [9.17, 15) is 0 Å². The van der Waals surface area contributed by atoms with Gasteiger partial charge in [-0.2, -0.15) is 4.99 Å². The van der Waals surface area contributed by atoms with Crippen LogP contribution in [-0.4, -0.2) is 56.2 Å². The Morgan fingerprint density at radius 1 is 1.03 bits per heavy atom. The van der Waals surface area contributed by atoms with Crippen molar-refractivity contribution in [2.75, 3.05) is 43.3 Å². The average molecular weight is 429 g/mol. The number of fused-ring (bicyclic) bond motifs is 1. The number of aliphatic imine (C=N–C) groups is 2. The zero-order valence-electron chi connectivity index (χ0n) is 16.1. The molecule has 3 aliphatic heterocycles. The van der Waals surface area contributed by atoms with E-state index in [2.05, 4.69) is 20.2 Å². The fourth-order valence-electron chi connectivity index (χ4n) is 3.55. The summed E-state index contributed by atoms with van der Waals surface area (Å²) in [5, 5.41) is 4.08. The van der Waals surface area contributed by atoms with Gasteiger partial charge in [-0.05, 0) is 36.4 Å². The molecule has 5 rings (SSSR count). The molecule has 2 aromatic carbocycles. The third kappa shape index (κ3) is 3.69. The number of halogens is 1. The largest absolute Gasteiger partial charge is 0.454 e. The van der Waals surface area contributed by atoms with Crippen molar-refractivity contribution in [3.8, 4) is 11.5 Å². The van der Waals surface area contributed by atoms with E-state index in [1.54, 1.807) is 0 Å². The maximum atomic E-state index is 6.11. The predicted octanol–water partition coefficient (Wildman–Crippen LogP) is 2.29. The molecule has 1 unspecified atom stereocenters. The van der Waals surface area contributed by atoms with Crippen molar-refractivity contribution in [1.29, 1.82) is 0 Å². The van der Waals surface area contributed by atoms with Gasteiger partial charge in [0.2, 0.25) is 25.0 Å². The maximum Gasteiger partial charge on any atom is 0.231 e. The highest BCUT2D eigenvalue weighted by Crippen LogP contribution is 2.35. The van der Waals surface area contributed by atoms with E-state index in [1.165, 1.54) is 0 Å². The van der Waals surface area contributed by atoms with Gasteiger partial charge >= 0.3 is 0 Å². The Labute approximate surface area is 178 Å². The van der Waals surface area contributed by atoms with Crippen LogP contribution in [0.5, 0.6) is 11.5 Å². The van der Waals surface area contributed by atoms with E-state index in [4.69, 9.17) is 31.5 Å². The van der Waals surface area contributed by atoms with Crippen LogP contribution < -0.4 is 25.4 Å². The number of nitrogens with two attached hydrogens (primary N) is 1. The number of ether oxygens (including phenoxy) is 3. The molecule has 0 aromatic heterocycles. The van der Waals surface area contributed by atoms with Gasteiger partial charge in [0, 0.05) is 35.6 Å². The van der Waals surface area contributed by atoms with Gasteiger partial charge in [-0.1, -0.05) is 11.6 Å². The molecule has 1 fully saturated rings. The van der Waals surface area contributed by atoms with Gasteiger partial charge in [0.1, 0.15) is 0 Å². The molecule has 2 aromatic rings. The van der Waals surface area contributed by atoms with Crippen LogP contribution in [0.1, 0.15) is 0 Å². The maximum absolute atomic E-state index is 6.11. The number of rotatable bonds is 3.